The lowest BCUT2D eigenvalue weighted by molar-refractivity contribution is 0.907. The van der Waals surface area contributed by atoms with Crippen molar-refractivity contribution in [3.05, 3.63) is 41.5 Å². The summed E-state index contributed by atoms with van der Waals surface area (Å²) in [7, 11) is 0. The van der Waals surface area contributed by atoms with Gasteiger partial charge in [-0.2, -0.15) is 5.11 Å². The van der Waals surface area contributed by atoms with Gasteiger partial charge >= 0.3 is 0 Å². The molecule has 0 radical (unpaired) electrons. The maximum atomic E-state index is 3.97. The molecular formula is C11H11N3. The van der Waals surface area contributed by atoms with Crippen molar-refractivity contribution in [2.45, 2.75) is 13.0 Å². The topological polar surface area (TPSA) is 37.1 Å². The van der Waals surface area contributed by atoms with Gasteiger partial charge in [0.1, 0.15) is 6.04 Å². The third-order valence-electron chi connectivity index (χ3n) is 2.07. The molecule has 0 aromatic heterocycles. The van der Waals surface area contributed by atoms with Crippen molar-refractivity contribution in [1.82, 2.24) is 0 Å². The summed E-state index contributed by atoms with van der Waals surface area (Å²) < 4.78 is 0. The third-order valence-corrected chi connectivity index (χ3v) is 2.07. The van der Waals surface area contributed by atoms with Crippen molar-refractivity contribution >= 4 is 12.3 Å². The highest BCUT2D eigenvalue weighted by Gasteiger charge is 2.09. The van der Waals surface area contributed by atoms with Crippen LogP contribution in [0.3, 0.4) is 0 Å². The fourth-order valence-electron chi connectivity index (χ4n) is 1.36. The zero-order chi connectivity index (χ0) is 9.80. The van der Waals surface area contributed by atoms with Crippen molar-refractivity contribution in [2.75, 3.05) is 0 Å². The number of hydrogen-bond acceptors (Lipinski definition) is 3. The van der Waals surface area contributed by atoms with E-state index >= 15 is 0 Å². The molecule has 1 atom stereocenters. The van der Waals surface area contributed by atoms with E-state index in [9.17, 15) is 0 Å². The predicted octanol–water partition coefficient (Wildman–Crippen LogP) is 3.21. The van der Waals surface area contributed by atoms with E-state index in [0.29, 0.717) is 0 Å². The average Bonchev–Trinajstić information content (AvgIpc) is 2.72. The summed E-state index contributed by atoms with van der Waals surface area (Å²) in [6, 6.07) is 8.25. The molecule has 0 N–H and O–H groups in total. The van der Waals surface area contributed by atoms with Crippen molar-refractivity contribution in [2.24, 2.45) is 15.4 Å². The molecule has 1 aromatic carbocycles. The molecule has 2 rings (SSSR count). The van der Waals surface area contributed by atoms with Crippen LogP contribution in [-0.2, 0) is 0 Å². The first-order chi connectivity index (χ1) is 6.90. The van der Waals surface area contributed by atoms with Crippen molar-refractivity contribution < 1.29 is 0 Å². The van der Waals surface area contributed by atoms with Gasteiger partial charge in [0.15, 0.2) is 0 Å². The highest BCUT2D eigenvalue weighted by atomic mass is 15.4. The van der Waals surface area contributed by atoms with E-state index in [1.54, 1.807) is 6.21 Å². The second-order valence-corrected chi connectivity index (χ2v) is 3.08. The van der Waals surface area contributed by atoms with Gasteiger partial charge in [0.05, 0.1) is 6.21 Å². The summed E-state index contributed by atoms with van der Waals surface area (Å²) >= 11 is 0. The van der Waals surface area contributed by atoms with E-state index in [1.165, 1.54) is 5.56 Å². The minimum atomic E-state index is 0.00894. The van der Waals surface area contributed by atoms with Crippen molar-refractivity contribution in [3.63, 3.8) is 0 Å². The smallest absolute Gasteiger partial charge is 0.135 e. The lowest BCUT2D eigenvalue weighted by Crippen LogP contribution is -1.92. The maximum Gasteiger partial charge on any atom is 0.135 e. The molecule has 0 amide bonds. The first-order valence-electron chi connectivity index (χ1n) is 4.56. The molecule has 1 aliphatic heterocycles. The Labute approximate surface area is 82.9 Å². The molecule has 0 saturated heterocycles. The molecule has 1 aromatic rings. The molecule has 1 unspecified atom stereocenters. The first kappa shape index (κ1) is 8.81. The van der Waals surface area contributed by atoms with E-state index in [2.05, 4.69) is 45.8 Å². The molecule has 0 saturated carbocycles. The molecular weight excluding hydrogens is 174 g/mol. The van der Waals surface area contributed by atoms with Gasteiger partial charge in [-0.25, -0.2) is 0 Å². The Morgan fingerprint density at radius 2 is 2.00 bits per heavy atom. The van der Waals surface area contributed by atoms with Gasteiger partial charge in [0.25, 0.3) is 0 Å². The molecule has 1 heterocycles. The fourth-order valence-corrected chi connectivity index (χ4v) is 1.36. The number of rotatable bonds is 2. The standard InChI is InChI=1S/C11H11N3/c1-2-3-9-4-6-10(7-5-9)11-8-12-14-13-11/h2-8,11H,1H3. The molecule has 3 nitrogen and oxygen atoms in total. The first-order valence-corrected chi connectivity index (χ1v) is 4.56. The second-order valence-electron chi connectivity index (χ2n) is 3.08. The average molecular weight is 185 g/mol. The number of allylic oxidation sites excluding steroid dienone is 1. The van der Waals surface area contributed by atoms with Gasteiger partial charge in [-0.1, -0.05) is 36.4 Å². The minimum Gasteiger partial charge on any atom is -0.155 e. The minimum absolute atomic E-state index is 0.00894. The van der Waals surface area contributed by atoms with Crippen LogP contribution >= 0.6 is 0 Å². The van der Waals surface area contributed by atoms with E-state index in [1.807, 2.05) is 13.0 Å². The monoisotopic (exact) mass is 185 g/mol. The lowest BCUT2D eigenvalue weighted by Gasteiger charge is -2.02. The quantitative estimate of drug-likeness (QED) is 0.678. The van der Waals surface area contributed by atoms with E-state index in [4.69, 9.17) is 0 Å². The Balaban J connectivity index is 2.21. The Morgan fingerprint density at radius 1 is 1.21 bits per heavy atom. The number of nitrogens with zero attached hydrogens (tertiary/aromatic N) is 3. The highest BCUT2D eigenvalue weighted by Crippen LogP contribution is 2.20. The van der Waals surface area contributed by atoms with E-state index in [-0.39, 0.29) is 6.04 Å². The van der Waals surface area contributed by atoms with Crippen LogP contribution in [0, 0.1) is 0 Å². The summed E-state index contributed by atoms with van der Waals surface area (Å²) in [5.74, 6) is 0. The predicted molar refractivity (Wildman–Crippen MR) is 57.2 cm³/mol. The maximum absolute atomic E-state index is 3.97. The lowest BCUT2D eigenvalue weighted by atomic mass is 10.1. The van der Waals surface area contributed by atoms with Crippen molar-refractivity contribution in [1.29, 1.82) is 0 Å². The van der Waals surface area contributed by atoms with Crippen LogP contribution in [0.15, 0.2) is 45.8 Å². The zero-order valence-corrected chi connectivity index (χ0v) is 7.96. The van der Waals surface area contributed by atoms with Gasteiger partial charge in [-0.15, -0.1) is 5.10 Å². The summed E-state index contributed by atoms with van der Waals surface area (Å²) in [6.45, 7) is 2.01. The number of benzene rings is 1. The van der Waals surface area contributed by atoms with Gasteiger partial charge in [0, 0.05) is 0 Å². The molecule has 0 bridgehead atoms. The third kappa shape index (κ3) is 1.76. The van der Waals surface area contributed by atoms with Crippen LogP contribution in [0.1, 0.15) is 24.1 Å². The zero-order valence-electron chi connectivity index (χ0n) is 7.96. The van der Waals surface area contributed by atoms with E-state index < -0.39 is 0 Å². The summed E-state index contributed by atoms with van der Waals surface area (Å²) in [5.41, 5.74) is 2.33. The Kier molecular flexibility index (Phi) is 2.49. The summed E-state index contributed by atoms with van der Waals surface area (Å²) in [4.78, 5) is 0. The highest BCUT2D eigenvalue weighted by molar-refractivity contribution is 5.68. The number of hydrogen-bond donors (Lipinski definition) is 0. The molecule has 3 heteroatoms. The van der Waals surface area contributed by atoms with Crippen LogP contribution in [-0.4, -0.2) is 6.21 Å². The van der Waals surface area contributed by atoms with Crippen LogP contribution in [0.25, 0.3) is 6.08 Å². The van der Waals surface area contributed by atoms with Crippen LogP contribution in [0.5, 0.6) is 0 Å². The van der Waals surface area contributed by atoms with Crippen LogP contribution in [0.2, 0.25) is 0 Å². The molecule has 0 spiro atoms. The second kappa shape index (κ2) is 3.96. The Morgan fingerprint density at radius 3 is 2.57 bits per heavy atom. The van der Waals surface area contributed by atoms with Gasteiger partial charge in [0.2, 0.25) is 0 Å². The van der Waals surface area contributed by atoms with Gasteiger partial charge in [-0.3, -0.25) is 0 Å². The molecule has 0 aliphatic carbocycles. The Bertz CT molecular complexity index is 375. The molecule has 0 fully saturated rings. The SMILES string of the molecule is CC=Cc1ccc(C2C=NN=N2)cc1. The van der Waals surface area contributed by atoms with Gasteiger partial charge in [-0.05, 0) is 23.3 Å². The fraction of sp³-hybridized carbons (Fsp3) is 0.182. The van der Waals surface area contributed by atoms with Crippen molar-refractivity contribution in [3.8, 4) is 0 Å². The molecule has 1 aliphatic rings. The normalized spacial score (nSPS) is 19.6. The largest absolute Gasteiger partial charge is 0.155 e. The summed E-state index contributed by atoms with van der Waals surface area (Å²) in [6.07, 6.45) is 5.82. The summed E-state index contributed by atoms with van der Waals surface area (Å²) in [5, 5.41) is 11.3. The Hall–Kier alpha value is -1.77. The molecule has 14 heavy (non-hydrogen) atoms. The van der Waals surface area contributed by atoms with Gasteiger partial charge < -0.3 is 0 Å². The molecule has 70 valence electrons. The van der Waals surface area contributed by atoms with Crippen LogP contribution < -0.4 is 0 Å². The van der Waals surface area contributed by atoms with E-state index in [0.717, 1.165) is 5.56 Å². The van der Waals surface area contributed by atoms with Crippen LogP contribution in [0.4, 0.5) is 0 Å².